The number of ether oxygens (including phenoxy) is 3. The van der Waals surface area contributed by atoms with E-state index in [2.05, 4.69) is 0 Å². The first kappa shape index (κ1) is 15.8. The predicted molar refractivity (Wildman–Crippen MR) is 89.0 cm³/mol. The summed E-state index contributed by atoms with van der Waals surface area (Å²) in [6.45, 7) is 1.54. The van der Waals surface area contributed by atoms with Gasteiger partial charge in [0.05, 0.1) is 0 Å². The van der Waals surface area contributed by atoms with Crippen molar-refractivity contribution >= 4 is 5.91 Å². The lowest BCUT2D eigenvalue weighted by Gasteiger charge is -2.36. The largest absolute Gasteiger partial charge is 0.454 e. The van der Waals surface area contributed by atoms with Gasteiger partial charge in [-0.15, -0.1) is 0 Å². The highest BCUT2D eigenvalue weighted by Crippen LogP contribution is 2.37. The first-order valence-electron chi connectivity index (χ1n) is 9.12. The van der Waals surface area contributed by atoms with Gasteiger partial charge >= 0.3 is 0 Å². The molecule has 24 heavy (non-hydrogen) atoms. The normalized spacial score (nSPS) is 23.4. The van der Waals surface area contributed by atoms with Gasteiger partial charge in [-0.1, -0.05) is 31.4 Å². The minimum absolute atomic E-state index is 0.149. The molecule has 4 rings (SSSR count). The van der Waals surface area contributed by atoms with Gasteiger partial charge in [0.25, 0.3) is 5.91 Å². The summed E-state index contributed by atoms with van der Waals surface area (Å²) in [4.78, 5) is 15.1. The summed E-state index contributed by atoms with van der Waals surface area (Å²) in [5.74, 6) is 1.72. The molecule has 1 amide bonds. The molecule has 2 heterocycles. The van der Waals surface area contributed by atoms with Gasteiger partial charge in [0, 0.05) is 24.8 Å². The number of fused-ring (bicyclic) bond motifs is 1. The molecule has 2 fully saturated rings. The van der Waals surface area contributed by atoms with E-state index >= 15 is 0 Å². The van der Waals surface area contributed by atoms with Crippen LogP contribution in [-0.2, 0) is 16.1 Å². The van der Waals surface area contributed by atoms with E-state index in [1.165, 1.54) is 19.3 Å². The number of nitrogens with zero attached hydrogens (tertiary/aromatic N) is 1. The molecule has 1 aromatic carbocycles. The van der Waals surface area contributed by atoms with Crippen LogP contribution in [0.3, 0.4) is 0 Å². The van der Waals surface area contributed by atoms with Gasteiger partial charge in [0.1, 0.15) is 6.10 Å². The third kappa shape index (κ3) is 3.09. The fourth-order valence-electron chi connectivity index (χ4n) is 4.04. The molecule has 1 aliphatic carbocycles. The monoisotopic (exact) mass is 331 g/mol. The Bertz CT molecular complexity index is 591. The number of carbonyl (C=O) groups excluding carboxylic acids is 1. The molecule has 5 heteroatoms. The Morgan fingerprint density at radius 3 is 2.75 bits per heavy atom. The Labute approximate surface area is 142 Å². The number of rotatable bonds is 4. The van der Waals surface area contributed by atoms with Crippen LogP contribution in [0.15, 0.2) is 18.2 Å². The number of carbonyl (C=O) groups is 1. The van der Waals surface area contributed by atoms with Crippen LogP contribution in [0.25, 0.3) is 0 Å². The molecule has 0 radical (unpaired) electrons. The van der Waals surface area contributed by atoms with Gasteiger partial charge < -0.3 is 19.1 Å². The second-order valence-electron chi connectivity index (χ2n) is 6.91. The Morgan fingerprint density at radius 2 is 1.96 bits per heavy atom. The van der Waals surface area contributed by atoms with Crippen LogP contribution in [0.1, 0.15) is 50.5 Å². The van der Waals surface area contributed by atoms with Crippen molar-refractivity contribution in [2.45, 2.75) is 63.6 Å². The van der Waals surface area contributed by atoms with Crippen LogP contribution in [0, 0.1) is 0 Å². The second-order valence-corrected chi connectivity index (χ2v) is 6.91. The minimum atomic E-state index is -0.263. The molecule has 3 aliphatic rings. The van der Waals surface area contributed by atoms with Crippen molar-refractivity contribution in [1.29, 1.82) is 0 Å². The van der Waals surface area contributed by atoms with E-state index in [4.69, 9.17) is 14.2 Å². The van der Waals surface area contributed by atoms with E-state index in [-0.39, 0.29) is 18.8 Å². The van der Waals surface area contributed by atoms with Gasteiger partial charge in [-0.3, -0.25) is 4.79 Å². The van der Waals surface area contributed by atoms with E-state index in [1.807, 2.05) is 23.1 Å². The Balaban J connectivity index is 1.57. The van der Waals surface area contributed by atoms with Crippen molar-refractivity contribution in [3.05, 3.63) is 23.8 Å². The van der Waals surface area contributed by atoms with Gasteiger partial charge in [-0.2, -0.15) is 0 Å². The minimum Gasteiger partial charge on any atom is -0.454 e. The van der Waals surface area contributed by atoms with Crippen LogP contribution in [0.2, 0.25) is 0 Å². The van der Waals surface area contributed by atoms with E-state index in [0.29, 0.717) is 19.2 Å². The highest BCUT2D eigenvalue weighted by Gasteiger charge is 2.34. The van der Waals surface area contributed by atoms with Crippen LogP contribution in [0.4, 0.5) is 0 Å². The molecule has 1 aromatic rings. The molecule has 0 aromatic heterocycles. The average Bonchev–Trinajstić information content (AvgIpc) is 3.31. The van der Waals surface area contributed by atoms with E-state index in [9.17, 15) is 4.79 Å². The smallest absolute Gasteiger partial charge is 0.252 e. The van der Waals surface area contributed by atoms with Gasteiger partial charge in [-0.05, 0) is 31.7 Å². The number of hydrogen-bond acceptors (Lipinski definition) is 4. The van der Waals surface area contributed by atoms with Crippen molar-refractivity contribution in [3.8, 4) is 11.5 Å². The lowest BCUT2D eigenvalue weighted by Crippen LogP contribution is -2.45. The van der Waals surface area contributed by atoms with Crippen molar-refractivity contribution in [3.63, 3.8) is 0 Å². The van der Waals surface area contributed by atoms with Crippen molar-refractivity contribution < 1.29 is 19.0 Å². The van der Waals surface area contributed by atoms with Crippen LogP contribution in [0.5, 0.6) is 11.5 Å². The lowest BCUT2D eigenvalue weighted by atomic mass is 9.93. The fraction of sp³-hybridized carbons (Fsp3) is 0.632. The van der Waals surface area contributed by atoms with E-state index < -0.39 is 0 Å². The van der Waals surface area contributed by atoms with Crippen LogP contribution < -0.4 is 9.47 Å². The average molecular weight is 331 g/mol. The highest BCUT2D eigenvalue weighted by molar-refractivity contribution is 5.81. The molecule has 1 atom stereocenters. The molecular weight excluding hydrogens is 306 g/mol. The molecule has 1 saturated carbocycles. The van der Waals surface area contributed by atoms with Crippen molar-refractivity contribution in [2.75, 3.05) is 13.4 Å². The highest BCUT2D eigenvalue weighted by atomic mass is 16.7. The summed E-state index contributed by atoms with van der Waals surface area (Å²) in [5.41, 5.74) is 1.03. The number of para-hydroxylation sites is 1. The summed E-state index contributed by atoms with van der Waals surface area (Å²) in [6, 6.07) is 6.23. The molecule has 0 spiro atoms. The fourth-order valence-corrected chi connectivity index (χ4v) is 4.04. The zero-order chi connectivity index (χ0) is 16.4. The zero-order valence-electron chi connectivity index (χ0n) is 14.0. The zero-order valence-corrected chi connectivity index (χ0v) is 14.0. The molecule has 1 saturated heterocycles. The summed E-state index contributed by atoms with van der Waals surface area (Å²) in [5, 5.41) is 0. The molecule has 5 nitrogen and oxygen atoms in total. The Kier molecular flexibility index (Phi) is 4.60. The Hall–Kier alpha value is -1.75. The maximum atomic E-state index is 13.1. The number of hydrogen-bond donors (Lipinski definition) is 0. The molecule has 130 valence electrons. The Morgan fingerprint density at radius 1 is 1.08 bits per heavy atom. The molecule has 0 unspecified atom stereocenters. The molecule has 0 bridgehead atoms. The number of amides is 1. The third-order valence-electron chi connectivity index (χ3n) is 5.32. The van der Waals surface area contributed by atoms with Crippen molar-refractivity contribution in [1.82, 2.24) is 4.90 Å². The summed E-state index contributed by atoms with van der Waals surface area (Å²) >= 11 is 0. The number of benzene rings is 1. The predicted octanol–water partition coefficient (Wildman–Crippen LogP) is 3.26. The molecular formula is C19H25NO4. The maximum Gasteiger partial charge on any atom is 0.252 e. The SMILES string of the molecule is O=C([C@@H]1CCCO1)N(Cc1cccc2c1OCO2)C1CCCCC1. The standard InChI is InChI=1S/C19H25NO4/c21-19(17-10-5-11-22-17)20(15-7-2-1-3-8-15)12-14-6-4-9-16-18(14)24-13-23-16/h4,6,9,15,17H,1-3,5,7-8,10-13H2/t17-/m0/s1. The van der Waals surface area contributed by atoms with Gasteiger partial charge in [-0.25, -0.2) is 0 Å². The van der Waals surface area contributed by atoms with Gasteiger partial charge in [0.2, 0.25) is 6.79 Å². The molecule has 2 aliphatic heterocycles. The topological polar surface area (TPSA) is 48.0 Å². The van der Waals surface area contributed by atoms with Crippen LogP contribution >= 0.6 is 0 Å². The summed E-state index contributed by atoms with van der Waals surface area (Å²) in [6.07, 6.45) is 7.41. The van der Waals surface area contributed by atoms with E-state index in [0.717, 1.165) is 42.7 Å². The molecule has 0 N–H and O–H groups in total. The van der Waals surface area contributed by atoms with Gasteiger partial charge in [0.15, 0.2) is 11.5 Å². The maximum absolute atomic E-state index is 13.1. The van der Waals surface area contributed by atoms with E-state index in [1.54, 1.807) is 0 Å². The lowest BCUT2D eigenvalue weighted by molar-refractivity contribution is -0.144. The first-order valence-corrected chi connectivity index (χ1v) is 9.12. The second kappa shape index (κ2) is 7.01. The quantitative estimate of drug-likeness (QED) is 0.850. The summed E-state index contributed by atoms with van der Waals surface area (Å²) < 4.78 is 16.8. The van der Waals surface area contributed by atoms with Crippen molar-refractivity contribution in [2.24, 2.45) is 0 Å². The summed E-state index contributed by atoms with van der Waals surface area (Å²) in [7, 11) is 0. The third-order valence-corrected chi connectivity index (χ3v) is 5.32. The first-order chi connectivity index (χ1) is 11.8. The van der Waals surface area contributed by atoms with Crippen LogP contribution in [-0.4, -0.2) is 36.4 Å².